The summed E-state index contributed by atoms with van der Waals surface area (Å²) in [5.41, 5.74) is 7.24. The van der Waals surface area contributed by atoms with Crippen molar-refractivity contribution < 1.29 is 14.0 Å². The fourth-order valence-corrected chi connectivity index (χ4v) is 4.29. The van der Waals surface area contributed by atoms with Gasteiger partial charge in [0.2, 0.25) is 0 Å². The Morgan fingerprint density at radius 1 is 1.30 bits per heavy atom. The molecule has 0 fully saturated rings. The lowest BCUT2D eigenvalue weighted by atomic mass is 9.88. The smallest absolute Gasteiger partial charge is 0.256 e. The largest absolute Gasteiger partial charge is 0.365 e. The molecule has 0 spiro atoms. The molecule has 3 rings (SSSR count). The Hall–Kier alpha value is -2.21. The van der Waals surface area contributed by atoms with Crippen molar-refractivity contribution in [3.05, 3.63) is 51.7 Å². The fraction of sp³-hybridized carbons (Fsp3) is 0.294. The van der Waals surface area contributed by atoms with E-state index in [-0.39, 0.29) is 5.91 Å². The summed E-state index contributed by atoms with van der Waals surface area (Å²) in [4.78, 5) is 25.2. The van der Waals surface area contributed by atoms with Crippen LogP contribution in [0.1, 0.15) is 44.5 Å². The van der Waals surface area contributed by atoms with Crippen LogP contribution in [0.25, 0.3) is 0 Å². The first-order valence-corrected chi connectivity index (χ1v) is 8.28. The fourth-order valence-electron chi connectivity index (χ4n) is 2.88. The van der Waals surface area contributed by atoms with Crippen LogP contribution in [-0.4, -0.2) is 11.8 Å². The van der Waals surface area contributed by atoms with Gasteiger partial charge in [-0.15, -0.1) is 11.3 Å². The van der Waals surface area contributed by atoms with E-state index in [1.54, 1.807) is 0 Å². The van der Waals surface area contributed by atoms with E-state index in [1.807, 2.05) is 0 Å². The topological polar surface area (TPSA) is 72.2 Å². The zero-order valence-corrected chi connectivity index (χ0v) is 13.5. The summed E-state index contributed by atoms with van der Waals surface area (Å²) < 4.78 is 12.9. The van der Waals surface area contributed by atoms with Crippen molar-refractivity contribution in [2.45, 2.75) is 26.2 Å². The van der Waals surface area contributed by atoms with Gasteiger partial charge in [-0.25, -0.2) is 4.39 Å². The standard InChI is InChI=1S/C17H17FN2O2S/c1-9-2-7-12-13(8-9)23-17(14(12)15(19)21)20-16(22)10-3-5-11(18)6-4-10/h3-6,9H,2,7-8H2,1H3,(H2,19,21)(H,20,22). The van der Waals surface area contributed by atoms with Crippen LogP contribution in [0.5, 0.6) is 0 Å². The van der Waals surface area contributed by atoms with Crippen molar-refractivity contribution in [2.75, 3.05) is 5.32 Å². The first-order chi connectivity index (χ1) is 11.0. The van der Waals surface area contributed by atoms with Gasteiger partial charge >= 0.3 is 0 Å². The number of amides is 2. The van der Waals surface area contributed by atoms with Gasteiger partial charge in [-0.3, -0.25) is 9.59 Å². The molecular weight excluding hydrogens is 315 g/mol. The molecule has 1 aliphatic carbocycles. The molecule has 6 heteroatoms. The Balaban J connectivity index is 1.92. The third-order valence-corrected chi connectivity index (χ3v) is 5.26. The normalized spacial score (nSPS) is 16.7. The molecule has 0 radical (unpaired) electrons. The maximum atomic E-state index is 12.9. The predicted molar refractivity (Wildman–Crippen MR) is 88.4 cm³/mol. The lowest BCUT2D eigenvalue weighted by Gasteiger charge is -2.18. The van der Waals surface area contributed by atoms with Gasteiger partial charge in [0, 0.05) is 10.4 Å². The molecule has 120 valence electrons. The van der Waals surface area contributed by atoms with E-state index < -0.39 is 11.7 Å². The van der Waals surface area contributed by atoms with Crippen molar-refractivity contribution in [1.82, 2.24) is 0 Å². The number of nitrogens with two attached hydrogens (primary N) is 1. The number of carbonyl (C=O) groups is 2. The van der Waals surface area contributed by atoms with Gasteiger partial charge in [0.15, 0.2) is 0 Å². The van der Waals surface area contributed by atoms with E-state index in [4.69, 9.17) is 5.73 Å². The first-order valence-electron chi connectivity index (χ1n) is 7.47. The number of fused-ring (bicyclic) bond motifs is 1. The second-order valence-electron chi connectivity index (χ2n) is 5.88. The van der Waals surface area contributed by atoms with Gasteiger partial charge in [0.25, 0.3) is 11.8 Å². The quantitative estimate of drug-likeness (QED) is 0.904. The number of halogens is 1. The van der Waals surface area contributed by atoms with Crippen LogP contribution in [-0.2, 0) is 12.8 Å². The summed E-state index contributed by atoms with van der Waals surface area (Å²) in [6.07, 6.45) is 2.71. The van der Waals surface area contributed by atoms with Gasteiger partial charge < -0.3 is 11.1 Å². The molecule has 0 aliphatic heterocycles. The lowest BCUT2D eigenvalue weighted by Crippen LogP contribution is -2.19. The molecule has 1 atom stereocenters. The highest BCUT2D eigenvalue weighted by Crippen LogP contribution is 2.39. The third-order valence-electron chi connectivity index (χ3n) is 4.09. The molecule has 1 aliphatic rings. The highest BCUT2D eigenvalue weighted by Gasteiger charge is 2.27. The minimum Gasteiger partial charge on any atom is -0.365 e. The van der Waals surface area contributed by atoms with Crippen molar-refractivity contribution in [3.8, 4) is 0 Å². The molecule has 3 N–H and O–H groups in total. The van der Waals surface area contributed by atoms with E-state index in [0.717, 1.165) is 29.7 Å². The Morgan fingerprint density at radius 3 is 2.65 bits per heavy atom. The Kier molecular flexibility index (Phi) is 4.17. The first kappa shape index (κ1) is 15.7. The van der Waals surface area contributed by atoms with Gasteiger partial charge in [-0.05, 0) is 55.0 Å². The van der Waals surface area contributed by atoms with Crippen LogP contribution in [0.3, 0.4) is 0 Å². The summed E-state index contributed by atoms with van der Waals surface area (Å²) in [6, 6.07) is 5.27. The minimum atomic E-state index is -0.522. The Labute approximate surface area is 137 Å². The summed E-state index contributed by atoms with van der Waals surface area (Å²) in [5, 5.41) is 3.25. The van der Waals surface area contributed by atoms with Crippen LogP contribution in [0.2, 0.25) is 0 Å². The average Bonchev–Trinajstić information content (AvgIpc) is 2.84. The maximum absolute atomic E-state index is 12.9. The number of thiophene rings is 1. The Bertz CT molecular complexity index is 768. The zero-order chi connectivity index (χ0) is 16.6. The van der Waals surface area contributed by atoms with Gasteiger partial charge in [0.05, 0.1) is 5.56 Å². The molecule has 2 aromatic rings. The molecule has 2 amide bonds. The van der Waals surface area contributed by atoms with Crippen LogP contribution >= 0.6 is 11.3 Å². The molecule has 1 aromatic carbocycles. The van der Waals surface area contributed by atoms with Gasteiger partial charge in [-0.2, -0.15) is 0 Å². The number of hydrogen-bond donors (Lipinski definition) is 2. The molecule has 23 heavy (non-hydrogen) atoms. The van der Waals surface area contributed by atoms with Crippen LogP contribution in [0, 0.1) is 11.7 Å². The van der Waals surface area contributed by atoms with Crippen LogP contribution < -0.4 is 11.1 Å². The molecule has 1 heterocycles. The highest BCUT2D eigenvalue weighted by molar-refractivity contribution is 7.17. The van der Waals surface area contributed by atoms with Crippen LogP contribution in [0.15, 0.2) is 24.3 Å². The second kappa shape index (κ2) is 6.12. The van der Waals surface area contributed by atoms with E-state index in [2.05, 4.69) is 12.2 Å². The Morgan fingerprint density at radius 2 is 2.00 bits per heavy atom. The van der Waals surface area contributed by atoms with Crippen molar-refractivity contribution in [3.63, 3.8) is 0 Å². The number of rotatable bonds is 3. The summed E-state index contributed by atoms with van der Waals surface area (Å²) >= 11 is 1.41. The van der Waals surface area contributed by atoms with Gasteiger partial charge in [0.1, 0.15) is 10.8 Å². The second-order valence-corrected chi connectivity index (χ2v) is 6.99. The summed E-state index contributed by atoms with van der Waals surface area (Å²) in [5.74, 6) is -0.743. The summed E-state index contributed by atoms with van der Waals surface area (Å²) in [7, 11) is 0. The molecule has 1 unspecified atom stereocenters. The van der Waals surface area contributed by atoms with E-state index in [9.17, 15) is 14.0 Å². The molecule has 1 aromatic heterocycles. The van der Waals surface area contributed by atoms with E-state index >= 15 is 0 Å². The number of hydrogen-bond acceptors (Lipinski definition) is 3. The number of primary amides is 1. The average molecular weight is 332 g/mol. The molecular formula is C17H17FN2O2S. The molecule has 0 saturated carbocycles. The monoisotopic (exact) mass is 332 g/mol. The van der Waals surface area contributed by atoms with E-state index in [1.165, 1.54) is 35.6 Å². The predicted octanol–water partition coefficient (Wildman–Crippen LogP) is 3.36. The van der Waals surface area contributed by atoms with Crippen molar-refractivity contribution in [1.29, 1.82) is 0 Å². The number of anilines is 1. The summed E-state index contributed by atoms with van der Waals surface area (Å²) in [6.45, 7) is 2.17. The maximum Gasteiger partial charge on any atom is 0.256 e. The van der Waals surface area contributed by atoms with Crippen molar-refractivity contribution in [2.24, 2.45) is 11.7 Å². The third kappa shape index (κ3) is 3.12. The number of benzene rings is 1. The van der Waals surface area contributed by atoms with E-state index in [0.29, 0.717) is 22.0 Å². The number of carbonyl (C=O) groups excluding carboxylic acids is 2. The van der Waals surface area contributed by atoms with Gasteiger partial charge in [-0.1, -0.05) is 6.92 Å². The van der Waals surface area contributed by atoms with Crippen LogP contribution in [0.4, 0.5) is 9.39 Å². The molecule has 0 bridgehead atoms. The minimum absolute atomic E-state index is 0.335. The zero-order valence-electron chi connectivity index (χ0n) is 12.7. The van der Waals surface area contributed by atoms with Crippen molar-refractivity contribution >= 4 is 28.2 Å². The number of nitrogens with one attached hydrogen (secondary N) is 1. The highest BCUT2D eigenvalue weighted by atomic mass is 32.1. The SMILES string of the molecule is CC1CCc2c(sc(NC(=O)c3ccc(F)cc3)c2C(N)=O)C1. The lowest BCUT2D eigenvalue weighted by molar-refractivity contribution is 0.1000. The molecule has 4 nitrogen and oxygen atoms in total. The molecule has 0 saturated heterocycles.